The average molecular weight is 265 g/mol. The Morgan fingerprint density at radius 1 is 1.44 bits per heavy atom. The van der Waals surface area contributed by atoms with Crippen molar-refractivity contribution < 1.29 is 4.52 Å². The summed E-state index contributed by atoms with van der Waals surface area (Å²) in [5.41, 5.74) is 0.929. The first-order valence-corrected chi connectivity index (χ1v) is 7.14. The quantitative estimate of drug-likeness (QED) is 0.790. The highest BCUT2D eigenvalue weighted by atomic mass is 32.2. The first-order chi connectivity index (χ1) is 8.83. The highest BCUT2D eigenvalue weighted by Gasteiger charge is 2.21. The van der Waals surface area contributed by atoms with E-state index in [1.54, 1.807) is 11.8 Å². The first-order valence-electron chi connectivity index (χ1n) is 6.16. The predicted octanol–water partition coefficient (Wildman–Crippen LogP) is 2.38. The highest BCUT2D eigenvalue weighted by Crippen LogP contribution is 2.32. The summed E-state index contributed by atoms with van der Waals surface area (Å²) >= 11 is 1.61. The van der Waals surface area contributed by atoms with E-state index in [0.29, 0.717) is 6.04 Å². The number of thioether (sulfide) groups is 1. The van der Waals surface area contributed by atoms with Crippen LogP contribution in [0, 0.1) is 6.92 Å². The zero-order valence-corrected chi connectivity index (χ0v) is 11.1. The van der Waals surface area contributed by atoms with Crippen molar-refractivity contribution in [2.75, 3.05) is 0 Å². The normalized spacial score (nSPS) is 16.5. The molecule has 2 aromatic heterocycles. The summed E-state index contributed by atoms with van der Waals surface area (Å²) in [5.74, 6) is 1.57. The molecule has 0 bridgehead atoms. The lowest BCUT2D eigenvalue weighted by molar-refractivity contribution is 0.392. The first kappa shape index (κ1) is 11.7. The van der Waals surface area contributed by atoms with Crippen LogP contribution in [0.4, 0.5) is 0 Å². The number of hydrogen-bond acceptors (Lipinski definition) is 6. The van der Waals surface area contributed by atoms with Gasteiger partial charge in [0.1, 0.15) is 5.76 Å². The Bertz CT molecular complexity index is 517. The molecule has 0 amide bonds. The summed E-state index contributed by atoms with van der Waals surface area (Å²) in [7, 11) is 0. The molecule has 0 unspecified atom stereocenters. The molecule has 0 N–H and O–H groups in total. The minimum Gasteiger partial charge on any atom is -0.361 e. The average Bonchev–Trinajstić information content (AvgIpc) is 3.07. The zero-order valence-electron chi connectivity index (χ0n) is 10.2. The van der Waals surface area contributed by atoms with E-state index in [1.807, 2.05) is 17.7 Å². The summed E-state index contributed by atoms with van der Waals surface area (Å²) in [6.07, 6.45) is 4.91. The maximum Gasteiger partial charge on any atom is 0.209 e. The molecule has 1 saturated carbocycles. The Morgan fingerprint density at radius 2 is 2.28 bits per heavy atom. The van der Waals surface area contributed by atoms with Gasteiger partial charge in [-0.1, -0.05) is 29.8 Å². The van der Waals surface area contributed by atoms with Crippen LogP contribution < -0.4 is 0 Å². The molecule has 2 heterocycles. The summed E-state index contributed by atoms with van der Waals surface area (Å²) < 4.78 is 7.01. The number of aryl methyl sites for hydroxylation is 1. The van der Waals surface area contributed by atoms with Crippen LogP contribution in [0.5, 0.6) is 0 Å². The molecule has 96 valence electrons. The van der Waals surface area contributed by atoms with Crippen LogP contribution in [-0.2, 0) is 5.75 Å². The molecule has 3 rings (SSSR count). The van der Waals surface area contributed by atoms with Crippen molar-refractivity contribution >= 4 is 11.8 Å². The third-order valence-corrected chi connectivity index (χ3v) is 4.13. The van der Waals surface area contributed by atoms with Gasteiger partial charge in [-0.2, -0.15) is 0 Å². The standard InChI is InChI=1S/C11H15N5OS/c1-8-6-9(13-17-8)7-18-11-12-14-15-16(11)10-4-2-3-5-10/h6,10H,2-5,7H2,1H3. The minimum atomic E-state index is 0.474. The zero-order chi connectivity index (χ0) is 12.4. The third-order valence-electron chi connectivity index (χ3n) is 3.16. The van der Waals surface area contributed by atoms with Crippen LogP contribution in [0.2, 0.25) is 0 Å². The van der Waals surface area contributed by atoms with Crippen LogP contribution >= 0.6 is 11.8 Å². The summed E-state index contributed by atoms with van der Waals surface area (Å²) in [5, 5.41) is 16.8. The second kappa shape index (κ2) is 5.09. The molecule has 1 aliphatic carbocycles. The van der Waals surface area contributed by atoms with Gasteiger partial charge < -0.3 is 4.52 Å². The molecule has 0 aliphatic heterocycles. The van der Waals surface area contributed by atoms with E-state index in [4.69, 9.17) is 4.52 Å². The van der Waals surface area contributed by atoms with Crippen molar-refractivity contribution in [3.63, 3.8) is 0 Å². The van der Waals surface area contributed by atoms with E-state index in [-0.39, 0.29) is 0 Å². The van der Waals surface area contributed by atoms with Crippen molar-refractivity contribution in [3.05, 3.63) is 17.5 Å². The summed E-state index contributed by atoms with van der Waals surface area (Å²) in [6, 6.07) is 2.41. The van der Waals surface area contributed by atoms with Crippen molar-refractivity contribution in [1.82, 2.24) is 25.4 Å². The largest absolute Gasteiger partial charge is 0.361 e. The number of aromatic nitrogens is 5. The monoisotopic (exact) mass is 265 g/mol. The maximum absolute atomic E-state index is 5.04. The minimum absolute atomic E-state index is 0.474. The smallest absolute Gasteiger partial charge is 0.209 e. The molecule has 1 fully saturated rings. The van der Waals surface area contributed by atoms with Crippen LogP contribution in [0.3, 0.4) is 0 Å². The Hall–Kier alpha value is -1.37. The van der Waals surface area contributed by atoms with Crippen LogP contribution in [0.15, 0.2) is 15.7 Å². The van der Waals surface area contributed by atoms with Gasteiger partial charge in [-0.15, -0.1) is 5.10 Å². The van der Waals surface area contributed by atoms with Crippen LogP contribution in [0.1, 0.15) is 43.2 Å². The Labute approximate surface area is 109 Å². The van der Waals surface area contributed by atoms with Gasteiger partial charge in [0.2, 0.25) is 5.16 Å². The number of tetrazole rings is 1. The lowest BCUT2D eigenvalue weighted by Crippen LogP contribution is -2.08. The second-order valence-corrected chi connectivity index (χ2v) is 5.50. The topological polar surface area (TPSA) is 69.6 Å². The molecule has 0 atom stereocenters. The van der Waals surface area contributed by atoms with Crippen molar-refractivity contribution in [1.29, 1.82) is 0 Å². The Morgan fingerprint density at radius 3 is 3.00 bits per heavy atom. The van der Waals surface area contributed by atoms with Gasteiger partial charge >= 0.3 is 0 Å². The molecule has 0 saturated heterocycles. The van der Waals surface area contributed by atoms with E-state index in [0.717, 1.165) is 22.4 Å². The van der Waals surface area contributed by atoms with Gasteiger partial charge in [-0.3, -0.25) is 0 Å². The van der Waals surface area contributed by atoms with Gasteiger partial charge in [0.25, 0.3) is 0 Å². The molecule has 0 aromatic carbocycles. The molecule has 0 spiro atoms. The molecular formula is C11H15N5OS. The predicted molar refractivity (Wildman–Crippen MR) is 66.1 cm³/mol. The van der Waals surface area contributed by atoms with Crippen molar-refractivity contribution in [2.24, 2.45) is 0 Å². The van der Waals surface area contributed by atoms with E-state index in [2.05, 4.69) is 20.7 Å². The van der Waals surface area contributed by atoms with E-state index < -0.39 is 0 Å². The van der Waals surface area contributed by atoms with Crippen LogP contribution in [-0.4, -0.2) is 25.4 Å². The fourth-order valence-corrected chi connectivity index (χ4v) is 3.11. The molecule has 2 aromatic rings. The lowest BCUT2D eigenvalue weighted by Gasteiger charge is -2.09. The molecular weight excluding hydrogens is 250 g/mol. The van der Waals surface area contributed by atoms with E-state index in [1.165, 1.54) is 25.7 Å². The number of hydrogen-bond donors (Lipinski definition) is 0. The van der Waals surface area contributed by atoms with Gasteiger partial charge in [-0.05, 0) is 30.2 Å². The highest BCUT2D eigenvalue weighted by molar-refractivity contribution is 7.98. The van der Waals surface area contributed by atoms with E-state index >= 15 is 0 Å². The van der Waals surface area contributed by atoms with E-state index in [9.17, 15) is 0 Å². The molecule has 0 radical (unpaired) electrons. The van der Waals surface area contributed by atoms with Crippen LogP contribution in [0.25, 0.3) is 0 Å². The second-order valence-electron chi connectivity index (χ2n) is 4.56. The molecule has 1 aliphatic rings. The van der Waals surface area contributed by atoms with Gasteiger partial charge in [0.15, 0.2) is 0 Å². The maximum atomic E-state index is 5.04. The molecule has 18 heavy (non-hydrogen) atoms. The Balaban J connectivity index is 1.67. The SMILES string of the molecule is Cc1cc(CSc2nnnn2C2CCCC2)no1. The fourth-order valence-electron chi connectivity index (χ4n) is 2.28. The van der Waals surface area contributed by atoms with Gasteiger partial charge in [0, 0.05) is 11.8 Å². The van der Waals surface area contributed by atoms with Crippen molar-refractivity contribution in [2.45, 2.75) is 49.6 Å². The van der Waals surface area contributed by atoms with Crippen molar-refractivity contribution in [3.8, 4) is 0 Å². The van der Waals surface area contributed by atoms with Gasteiger partial charge in [0.05, 0.1) is 11.7 Å². The third kappa shape index (κ3) is 2.40. The fraction of sp³-hybridized carbons (Fsp3) is 0.636. The number of rotatable bonds is 4. The summed E-state index contributed by atoms with van der Waals surface area (Å²) in [4.78, 5) is 0. The molecule has 6 nitrogen and oxygen atoms in total. The summed E-state index contributed by atoms with van der Waals surface area (Å²) in [6.45, 7) is 1.89. The number of nitrogens with zero attached hydrogens (tertiary/aromatic N) is 5. The molecule has 7 heteroatoms. The lowest BCUT2D eigenvalue weighted by atomic mass is 10.3. The Kier molecular flexibility index (Phi) is 3.31. The van der Waals surface area contributed by atoms with Gasteiger partial charge in [-0.25, -0.2) is 4.68 Å².